The van der Waals surface area contributed by atoms with Crippen molar-refractivity contribution in [3.05, 3.63) is 16.1 Å². The third kappa shape index (κ3) is 7.08. The molecule has 6 nitrogen and oxygen atoms in total. The number of rotatable bonds is 8. The van der Waals surface area contributed by atoms with Crippen LogP contribution in [0, 0.1) is 12.8 Å². The third-order valence-corrected chi connectivity index (χ3v) is 4.11. The highest BCUT2D eigenvalue weighted by atomic mass is 32.1. The van der Waals surface area contributed by atoms with Gasteiger partial charge in [0.15, 0.2) is 0 Å². The van der Waals surface area contributed by atoms with Crippen molar-refractivity contribution in [2.45, 2.75) is 52.6 Å². The maximum Gasteiger partial charge on any atom is 0.315 e. The molecule has 1 aromatic rings. The van der Waals surface area contributed by atoms with E-state index in [-0.39, 0.29) is 18.0 Å². The average Bonchev–Trinajstić information content (AvgIpc) is 2.82. The van der Waals surface area contributed by atoms with Crippen LogP contribution in [0.5, 0.6) is 0 Å². The Hall–Kier alpha value is -1.63. The Morgan fingerprint density at radius 2 is 2.10 bits per heavy atom. The predicted octanol–water partition coefficient (Wildman–Crippen LogP) is 2.53. The fraction of sp³-hybridized carbons (Fsp3) is 0.643. The lowest BCUT2D eigenvalue weighted by atomic mass is 10.0. The first kappa shape index (κ1) is 17.4. The van der Waals surface area contributed by atoms with Crippen LogP contribution in [0.4, 0.5) is 4.79 Å². The molecule has 7 heteroatoms. The number of nitrogens with zero attached hydrogens (tertiary/aromatic N) is 1. The standard InChI is InChI=1S/C14H23N3O3S/c1-9(13(18)19)5-4-6-10(2)17-14(20)15-7-12-16-11(3)8-21-12/h8-10H,4-7H2,1-3H3,(H,18,19)(H2,15,17,20). The summed E-state index contributed by atoms with van der Waals surface area (Å²) < 4.78 is 0. The third-order valence-electron chi connectivity index (χ3n) is 3.14. The van der Waals surface area contributed by atoms with Crippen LogP contribution in [0.3, 0.4) is 0 Å². The van der Waals surface area contributed by atoms with Crippen LogP contribution >= 0.6 is 11.3 Å². The number of hydrogen-bond acceptors (Lipinski definition) is 4. The largest absolute Gasteiger partial charge is 0.481 e. The molecular weight excluding hydrogens is 290 g/mol. The van der Waals surface area contributed by atoms with Gasteiger partial charge in [-0.2, -0.15) is 0 Å². The number of carboxylic acid groups (broad SMARTS) is 1. The number of aryl methyl sites for hydroxylation is 1. The molecule has 0 radical (unpaired) electrons. The number of carbonyl (C=O) groups is 2. The van der Waals surface area contributed by atoms with E-state index < -0.39 is 5.97 Å². The van der Waals surface area contributed by atoms with Crippen LogP contribution in [-0.4, -0.2) is 28.1 Å². The van der Waals surface area contributed by atoms with Gasteiger partial charge in [-0.05, 0) is 26.7 Å². The monoisotopic (exact) mass is 313 g/mol. The molecule has 118 valence electrons. The van der Waals surface area contributed by atoms with Crippen molar-refractivity contribution in [3.8, 4) is 0 Å². The highest BCUT2D eigenvalue weighted by Crippen LogP contribution is 2.10. The van der Waals surface area contributed by atoms with E-state index in [4.69, 9.17) is 5.11 Å². The summed E-state index contributed by atoms with van der Waals surface area (Å²) in [4.78, 5) is 26.7. The number of amides is 2. The van der Waals surface area contributed by atoms with Gasteiger partial charge in [-0.3, -0.25) is 4.79 Å². The van der Waals surface area contributed by atoms with E-state index in [1.807, 2.05) is 19.2 Å². The van der Waals surface area contributed by atoms with Crippen molar-refractivity contribution in [1.29, 1.82) is 0 Å². The number of hydrogen-bond donors (Lipinski definition) is 3. The maximum absolute atomic E-state index is 11.7. The van der Waals surface area contributed by atoms with Gasteiger partial charge >= 0.3 is 12.0 Å². The summed E-state index contributed by atoms with van der Waals surface area (Å²) in [6, 6.07) is -0.203. The van der Waals surface area contributed by atoms with Crippen LogP contribution in [-0.2, 0) is 11.3 Å². The molecule has 0 saturated carbocycles. The number of aromatic nitrogens is 1. The molecule has 0 aliphatic heterocycles. The molecular formula is C14H23N3O3S. The van der Waals surface area contributed by atoms with E-state index in [1.54, 1.807) is 6.92 Å². The van der Waals surface area contributed by atoms with Gasteiger partial charge in [0.25, 0.3) is 0 Å². The van der Waals surface area contributed by atoms with Gasteiger partial charge < -0.3 is 15.7 Å². The predicted molar refractivity (Wildman–Crippen MR) is 82.3 cm³/mol. The number of thiazole rings is 1. The molecule has 21 heavy (non-hydrogen) atoms. The van der Waals surface area contributed by atoms with E-state index in [9.17, 15) is 9.59 Å². The van der Waals surface area contributed by atoms with Gasteiger partial charge in [0.1, 0.15) is 5.01 Å². The van der Waals surface area contributed by atoms with Crippen LogP contribution in [0.25, 0.3) is 0 Å². The molecule has 1 rings (SSSR count). The Bertz CT molecular complexity index is 476. The molecule has 1 heterocycles. The fourth-order valence-corrected chi connectivity index (χ4v) is 2.55. The first-order valence-electron chi connectivity index (χ1n) is 7.06. The zero-order chi connectivity index (χ0) is 15.8. The Labute approximate surface area is 129 Å². The Morgan fingerprint density at radius 1 is 1.38 bits per heavy atom. The minimum atomic E-state index is -0.771. The van der Waals surface area contributed by atoms with Crippen molar-refractivity contribution in [1.82, 2.24) is 15.6 Å². The highest BCUT2D eigenvalue weighted by molar-refractivity contribution is 7.09. The summed E-state index contributed by atoms with van der Waals surface area (Å²) in [5.41, 5.74) is 0.957. The number of nitrogens with one attached hydrogen (secondary N) is 2. The summed E-state index contributed by atoms with van der Waals surface area (Å²) in [5.74, 6) is -1.11. The lowest BCUT2D eigenvalue weighted by Gasteiger charge is -2.15. The smallest absolute Gasteiger partial charge is 0.315 e. The van der Waals surface area contributed by atoms with Crippen LogP contribution in [0.15, 0.2) is 5.38 Å². The topological polar surface area (TPSA) is 91.3 Å². The molecule has 3 N–H and O–H groups in total. The quantitative estimate of drug-likeness (QED) is 0.688. The Morgan fingerprint density at radius 3 is 2.67 bits per heavy atom. The van der Waals surface area contributed by atoms with Gasteiger partial charge in [0, 0.05) is 17.1 Å². The molecule has 2 unspecified atom stereocenters. The molecule has 2 amide bonds. The molecule has 1 aromatic heterocycles. The Kier molecular flexibility index (Phi) is 7.14. The van der Waals surface area contributed by atoms with E-state index >= 15 is 0 Å². The van der Waals surface area contributed by atoms with Crippen molar-refractivity contribution < 1.29 is 14.7 Å². The normalized spacial score (nSPS) is 13.5. The van der Waals surface area contributed by atoms with E-state index in [2.05, 4.69) is 15.6 Å². The van der Waals surface area contributed by atoms with Gasteiger partial charge in [-0.25, -0.2) is 9.78 Å². The molecule has 0 saturated heterocycles. The van der Waals surface area contributed by atoms with Crippen LogP contribution in [0.2, 0.25) is 0 Å². The second-order valence-electron chi connectivity index (χ2n) is 5.28. The zero-order valence-corrected chi connectivity index (χ0v) is 13.5. The molecule has 2 atom stereocenters. The number of urea groups is 1. The molecule has 0 aliphatic carbocycles. The second-order valence-corrected chi connectivity index (χ2v) is 6.22. The minimum absolute atomic E-state index is 0.0176. The lowest BCUT2D eigenvalue weighted by Crippen LogP contribution is -2.40. The number of carboxylic acids is 1. The summed E-state index contributed by atoms with van der Waals surface area (Å²) in [6.07, 6.45) is 2.17. The molecule has 0 bridgehead atoms. The summed E-state index contributed by atoms with van der Waals surface area (Å²) in [7, 11) is 0. The van der Waals surface area contributed by atoms with Crippen molar-refractivity contribution in [2.24, 2.45) is 5.92 Å². The summed E-state index contributed by atoms with van der Waals surface area (Å²) in [5, 5.41) is 17.2. The first-order chi connectivity index (χ1) is 9.88. The van der Waals surface area contributed by atoms with Crippen LogP contribution < -0.4 is 10.6 Å². The number of aliphatic carboxylic acids is 1. The van der Waals surface area contributed by atoms with Crippen molar-refractivity contribution in [3.63, 3.8) is 0 Å². The first-order valence-corrected chi connectivity index (χ1v) is 7.94. The maximum atomic E-state index is 11.7. The SMILES string of the molecule is Cc1csc(CNC(=O)NC(C)CCCC(C)C(=O)O)n1. The van der Waals surface area contributed by atoms with Gasteiger partial charge in [0.05, 0.1) is 12.5 Å². The van der Waals surface area contributed by atoms with Crippen LogP contribution in [0.1, 0.15) is 43.8 Å². The lowest BCUT2D eigenvalue weighted by molar-refractivity contribution is -0.141. The summed E-state index contributed by atoms with van der Waals surface area (Å²) in [6.45, 7) is 5.95. The molecule has 0 fully saturated rings. The zero-order valence-electron chi connectivity index (χ0n) is 12.7. The summed E-state index contributed by atoms with van der Waals surface area (Å²) >= 11 is 1.52. The molecule has 0 spiro atoms. The fourth-order valence-electron chi connectivity index (χ4n) is 1.84. The van der Waals surface area contributed by atoms with E-state index in [0.29, 0.717) is 13.0 Å². The Balaban J connectivity index is 2.17. The second kappa shape index (κ2) is 8.61. The van der Waals surface area contributed by atoms with Gasteiger partial charge in [-0.1, -0.05) is 13.3 Å². The highest BCUT2D eigenvalue weighted by Gasteiger charge is 2.12. The van der Waals surface area contributed by atoms with Gasteiger partial charge in [-0.15, -0.1) is 11.3 Å². The van der Waals surface area contributed by atoms with E-state index in [0.717, 1.165) is 23.5 Å². The molecule has 0 aromatic carbocycles. The van der Waals surface area contributed by atoms with E-state index in [1.165, 1.54) is 11.3 Å². The van der Waals surface area contributed by atoms with Crippen molar-refractivity contribution >= 4 is 23.3 Å². The molecule has 0 aliphatic rings. The minimum Gasteiger partial charge on any atom is -0.481 e. The number of carbonyl (C=O) groups excluding carboxylic acids is 1. The average molecular weight is 313 g/mol. The van der Waals surface area contributed by atoms with Crippen molar-refractivity contribution in [2.75, 3.05) is 0 Å². The van der Waals surface area contributed by atoms with Gasteiger partial charge in [0.2, 0.25) is 0 Å².